The van der Waals surface area contributed by atoms with Gasteiger partial charge in [0.1, 0.15) is 15.9 Å². The fourth-order valence-electron chi connectivity index (χ4n) is 2.41. The number of amidine groups is 1. The molecule has 14 heteroatoms. The van der Waals surface area contributed by atoms with Crippen molar-refractivity contribution in [3.8, 4) is 5.75 Å². The minimum absolute atomic E-state index is 0.0157. The number of thioether (sulfide) groups is 1. The molecule has 32 heavy (non-hydrogen) atoms. The molecule has 1 aliphatic heterocycles. The number of hydrogen-bond donors (Lipinski definition) is 2. The van der Waals surface area contributed by atoms with Crippen molar-refractivity contribution in [1.29, 1.82) is 0 Å². The minimum Gasteiger partial charge on any atom is -0.481 e. The molecule has 1 heterocycles. The van der Waals surface area contributed by atoms with Gasteiger partial charge in [-0.25, -0.2) is 0 Å². The van der Waals surface area contributed by atoms with Gasteiger partial charge in [0.15, 0.2) is 5.17 Å². The highest BCUT2D eigenvalue weighted by Crippen LogP contribution is 2.23. The van der Waals surface area contributed by atoms with Crippen molar-refractivity contribution < 1.29 is 32.2 Å². The van der Waals surface area contributed by atoms with Gasteiger partial charge in [-0.1, -0.05) is 11.8 Å². The molecule has 2 aromatic rings. The number of non-ortho nitro benzene ring substituents is 1. The molecule has 12 nitrogen and oxygen atoms in total. The van der Waals surface area contributed by atoms with Crippen LogP contribution in [0.25, 0.3) is 0 Å². The molecular formula is C18H14N4O8S2. The van der Waals surface area contributed by atoms with Gasteiger partial charge in [-0.05, 0) is 42.0 Å². The number of rotatable bonds is 8. The van der Waals surface area contributed by atoms with E-state index < -0.39 is 32.2 Å². The lowest BCUT2D eigenvalue weighted by molar-refractivity contribution is -0.384. The normalized spacial score (nSPS) is 17.4. The Kier molecular flexibility index (Phi) is 6.85. The minimum atomic E-state index is -4.18. The first-order valence-corrected chi connectivity index (χ1v) is 11.0. The van der Waals surface area contributed by atoms with E-state index in [9.17, 15) is 28.1 Å². The summed E-state index contributed by atoms with van der Waals surface area (Å²) in [6.07, 6.45) is 1.02. The van der Waals surface area contributed by atoms with E-state index >= 15 is 0 Å². The lowest BCUT2D eigenvalue weighted by atomic mass is 10.2. The third kappa shape index (κ3) is 5.89. The van der Waals surface area contributed by atoms with E-state index in [4.69, 9.17) is 9.29 Å². The van der Waals surface area contributed by atoms with Gasteiger partial charge in [-0.15, -0.1) is 5.10 Å². The van der Waals surface area contributed by atoms with Gasteiger partial charge in [0.25, 0.3) is 5.69 Å². The molecule has 3 rings (SSSR count). The molecule has 1 saturated heterocycles. The molecule has 2 N–H and O–H groups in total. The van der Waals surface area contributed by atoms with Crippen LogP contribution in [0.1, 0.15) is 12.0 Å². The fraction of sp³-hybridized carbons (Fsp3) is 0.111. The summed E-state index contributed by atoms with van der Waals surface area (Å²) in [6.45, 7) is 0. The van der Waals surface area contributed by atoms with Gasteiger partial charge in [0.2, 0.25) is 5.91 Å². The molecule has 0 unspecified atom stereocenters. The first-order valence-electron chi connectivity index (χ1n) is 8.73. The SMILES string of the molecule is O=C(O)C[C@H]1S/C(=N\N=C/c2ccc(OS(=O)(=O)c3ccc([N+](=O)[O-])cc3)cc2)NC1=O. The molecule has 1 fully saturated rings. The molecule has 0 radical (unpaired) electrons. The number of amides is 1. The quantitative estimate of drug-likeness (QED) is 0.247. The highest BCUT2D eigenvalue weighted by molar-refractivity contribution is 8.15. The van der Waals surface area contributed by atoms with Crippen molar-refractivity contribution in [3.63, 3.8) is 0 Å². The van der Waals surface area contributed by atoms with E-state index in [2.05, 4.69) is 15.5 Å². The number of aliphatic carboxylic acids is 1. The first-order chi connectivity index (χ1) is 15.1. The van der Waals surface area contributed by atoms with Gasteiger partial charge in [0.05, 0.1) is 17.6 Å². The average Bonchev–Trinajstić information content (AvgIpc) is 3.07. The second kappa shape index (κ2) is 9.57. The molecule has 0 saturated carbocycles. The van der Waals surface area contributed by atoms with E-state index in [-0.39, 0.29) is 27.9 Å². The Labute approximate surface area is 185 Å². The highest BCUT2D eigenvalue weighted by atomic mass is 32.2. The number of carbonyl (C=O) groups excluding carboxylic acids is 1. The molecule has 0 spiro atoms. The number of hydrogen-bond acceptors (Lipinski definition) is 10. The number of carboxylic acids is 1. The largest absolute Gasteiger partial charge is 0.481 e. The molecule has 1 amide bonds. The van der Waals surface area contributed by atoms with Crippen LogP contribution >= 0.6 is 11.8 Å². The third-order valence-corrected chi connectivity index (χ3v) is 6.25. The maximum atomic E-state index is 12.3. The number of benzene rings is 2. The van der Waals surface area contributed by atoms with Crippen LogP contribution in [-0.2, 0) is 19.7 Å². The van der Waals surface area contributed by atoms with Crippen molar-refractivity contribution in [1.82, 2.24) is 5.32 Å². The van der Waals surface area contributed by atoms with Crippen LogP contribution in [-0.4, -0.2) is 47.0 Å². The van der Waals surface area contributed by atoms with Crippen LogP contribution in [0, 0.1) is 10.1 Å². The van der Waals surface area contributed by atoms with Gasteiger partial charge in [-0.3, -0.25) is 19.7 Å². The second-order valence-electron chi connectivity index (χ2n) is 6.20. The monoisotopic (exact) mass is 478 g/mol. The lowest BCUT2D eigenvalue weighted by Gasteiger charge is -2.07. The molecular weight excluding hydrogens is 464 g/mol. The van der Waals surface area contributed by atoms with Crippen molar-refractivity contribution in [3.05, 3.63) is 64.2 Å². The summed E-state index contributed by atoms with van der Waals surface area (Å²) in [5, 5.41) is 28.9. The average molecular weight is 478 g/mol. The summed E-state index contributed by atoms with van der Waals surface area (Å²) < 4.78 is 29.6. The van der Waals surface area contributed by atoms with Crippen molar-refractivity contribution in [2.24, 2.45) is 10.2 Å². The summed E-state index contributed by atoms with van der Waals surface area (Å²) in [6, 6.07) is 10.1. The van der Waals surface area contributed by atoms with Crippen molar-refractivity contribution in [2.75, 3.05) is 0 Å². The Morgan fingerprint density at radius 1 is 1.22 bits per heavy atom. The molecule has 0 aromatic heterocycles. The summed E-state index contributed by atoms with van der Waals surface area (Å²) in [5.41, 5.74) is 0.301. The van der Waals surface area contributed by atoms with Gasteiger partial charge in [0, 0.05) is 12.1 Å². The molecule has 1 aliphatic rings. The van der Waals surface area contributed by atoms with Crippen LogP contribution < -0.4 is 9.50 Å². The molecule has 0 aliphatic carbocycles. The standard InChI is InChI=1S/C18H14N4O8S2/c23-16(24)9-15-17(25)20-18(31-15)21-19-10-11-1-5-13(6-2-11)30-32(28,29)14-7-3-12(4-8-14)22(26)27/h1-8,10,15H,9H2,(H,23,24)(H,20,21,25)/b19-10-/t15-/m1/s1. The third-order valence-electron chi connectivity index (χ3n) is 3.91. The van der Waals surface area contributed by atoms with Gasteiger partial charge < -0.3 is 14.6 Å². The number of nitro benzene ring substituents is 1. The number of nitro groups is 1. The Morgan fingerprint density at radius 3 is 2.47 bits per heavy atom. The number of carbonyl (C=O) groups is 2. The van der Waals surface area contributed by atoms with E-state index in [1.54, 1.807) is 0 Å². The Morgan fingerprint density at radius 2 is 1.88 bits per heavy atom. The predicted molar refractivity (Wildman–Crippen MR) is 114 cm³/mol. The predicted octanol–water partition coefficient (Wildman–Crippen LogP) is 1.76. The van der Waals surface area contributed by atoms with Crippen LogP contribution in [0.5, 0.6) is 5.75 Å². The number of nitrogens with one attached hydrogen (secondary N) is 1. The first kappa shape index (κ1) is 22.9. The molecule has 2 aromatic carbocycles. The summed E-state index contributed by atoms with van der Waals surface area (Å²) in [4.78, 5) is 32.1. The van der Waals surface area contributed by atoms with E-state index in [0.29, 0.717) is 5.56 Å². The van der Waals surface area contributed by atoms with E-state index in [1.165, 1.54) is 30.5 Å². The zero-order valence-electron chi connectivity index (χ0n) is 15.9. The summed E-state index contributed by atoms with van der Waals surface area (Å²) in [5.74, 6) is -1.54. The lowest BCUT2D eigenvalue weighted by Crippen LogP contribution is -2.26. The van der Waals surface area contributed by atoms with E-state index in [0.717, 1.165) is 36.0 Å². The fourth-order valence-corrected chi connectivity index (χ4v) is 4.26. The Balaban J connectivity index is 1.62. The van der Waals surface area contributed by atoms with Crippen LogP contribution in [0.15, 0.2) is 63.6 Å². The van der Waals surface area contributed by atoms with Crippen LogP contribution in [0.4, 0.5) is 5.69 Å². The van der Waals surface area contributed by atoms with Crippen molar-refractivity contribution in [2.45, 2.75) is 16.6 Å². The summed E-state index contributed by atoms with van der Waals surface area (Å²) >= 11 is 0.962. The molecule has 0 bridgehead atoms. The zero-order chi connectivity index (χ0) is 23.3. The highest BCUT2D eigenvalue weighted by Gasteiger charge is 2.32. The van der Waals surface area contributed by atoms with Gasteiger partial charge >= 0.3 is 16.1 Å². The smallest absolute Gasteiger partial charge is 0.339 e. The van der Waals surface area contributed by atoms with E-state index in [1.807, 2.05) is 0 Å². The number of carboxylic acid groups (broad SMARTS) is 1. The van der Waals surface area contributed by atoms with Crippen molar-refractivity contribution >= 4 is 50.8 Å². The van der Waals surface area contributed by atoms with Crippen LogP contribution in [0.3, 0.4) is 0 Å². The zero-order valence-corrected chi connectivity index (χ0v) is 17.6. The Bertz CT molecular complexity index is 1210. The maximum absolute atomic E-state index is 12.3. The summed E-state index contributed by atoms with van der Waals surface area (Å²) in [7, 11) is -4.18. The van der Waals surface area contributed by atoms with Gasteiger partial charge in [-0.2, -0.15) is 13.5 Å². The topological polar surface area (TPSA) is 178 Å². The van der Waals surface area contributed by atoms with Crippen LogP contribution in [0.2, 0.25) is 0 Å². The maximum Gasteiger partial charge on any atom is 0.339 e. The Hall–Kier alpha value is -3.78. The number of nitrogens with zero attached hydrogens (tertiary/aromatic N) is 3. The second-order valence-corrected chi connectivity index (χ2v) is 8.94. The molecule has 166 valence electrons. The molecule has 1 atom stereocenters.